The predicted molar refractivity (Wildman–Crippen MR) is 86.9 cm³/mol. The summed E-state index contributed by atoms with van der Waals surface area (Å²) < 4.78 is 0. The largest absolute Gasteiger partial charge is 0.329 e. The minimum atomic E-state index is 0.300. The zero-order valence-electron chi connectivity index (χ0n) is 14.1. The molecule has 3 nitrogen and oxygen atoms in total. The Hall–Kier alpha value is -0.120. The lowest BCUT2D eigenvalue weighted by atomic mass is 9.87. The van der Waals surface area contributed by atoms with Crippen LogP contribution in [0.1, 0.15) is 59.8 Å². The molecule has 2 fully saturated rings. The zero-order valence-corrected chi connectivity index (χ0v) is 14.1. The minimum Gasteiger partial charge on any atom is -0.329 e. The van der Waals surface area contributed by atoms with E-state index in [9.17, 15) is 0 Å². The molecular formula is C17H35N3. The fraction of sp³-hybridized carbons (Fsp3) is 1.00. The lowest BCUT2D eigenvalue weighted by Crippen LogP contribution is -2.62. The molecule has 0 aromatic heterocycles. The van der Waals surface area contributed by atoms with Crippen LogP contribution < -0.4 is 5.73 Å². The van der Waals surface area contributed by atoms with Crippen molar-refractivity contribution < 1.29 is 0 Å². The molecule has 1 aliphatic carbocycles. The van der Waals surface area contributed by atoms with Crippen LogP contribution >= 0.6 is 0 Å². The van der Waals surface area contributed by atoms with Gasteiger partial charge in [-0.25, -0.2) is 0 Å². The molecule has 1 aliphatic heterocycles. The van der Waals surface area contributed by atoms with E-state index >= 15 is 0 Å². The smallest absolute Gasteiger partial charge is 0.0332 e. The Bertz CT molecular complexity index is 302. The number of hydrogen-bond acceptors (Lipinski definition) is 3. The second-order valence-corrected chi connectivity index (χ2v) is 8.11. The molecule has 2 atom stereocenters. The molecule has 2 N–H and O–H groups in total. The van der Waals surface area contributed by atoms with Crippen LogP contribution in [0.5, 0.6) is 0 Å². The van der Waals surface area contributed by atoms with Crippen molar-refractivity contribution in [2.45, 2.75) is 70.9 Å². The van der Waals surface area contributed by atoms with Crippen molar-refractivity contribution in [3.05, 3.63) is 0 Å². The maximum atomic E-state index is 6.25. The summed E-state index contributed by atoms with van der Waals surface area (Å²) in [5, 5.41) is 0. The molecule has 20 heavy (non-hydrogen) atoms. The Morgan fingerprint density at radius 1 is 1.05 bits per heavy atom. The van der Waals surface area contributed by atoms with E-state index in [4.69, 9.17) is 5.73 Å². The number of rotatable bonds is 2. The zero-order chi connectivity index (χ0) is 14.8. The lowest BCUT2D eigenvalue weighted by molar-refractivity contribution is -0.00308. The van der Waals surface area contributed by atoms with E-state index in [1.807, 2.05) is 0 Å². The Kier molecular flexibility index (Phi) is 5.14. The van der Waals surface area contributed by atoms with Crippen molar-refractivity contribution in [2.24, 2.45) is 11.7 Å². The van der Waals surface area contributed by atoms with Gasteiger partial charge >= 0.3 is 0 Å². The van der Waals surface area contributed by atoms with Gasteiger partial charge in [0.15, 0.2) is 0 Å². The Balaban J connectivity index is 1.99. The highest BCUT2D eigenvalue weighted by atomic mass is 15.3. The summed E-state index contributed by atoms with van der Waals surface area (Å²) in [6, 6.07) is 0. The summed E-state index contributed by atoms with van der Waals surface area (Å²) >= 11 is 0. The molecule has 0 aromatic rings. The van der Waals surface area contributed by atoms with E-state index in [2.05, 4.69) is 37.5 Å². The van der Waals surface area contributed by atoms with Crippen molar-refractivity contribution in [2.75, 3.05) is 32.7 Å². The Morgan fingerprint density at radius 2 is 1.70 bits per heavy atom. The van der Waals surface area contributed by atoms with Crippen molar-refractivity contribution in [1.82, 2.24) is 9.80 Å². The van der Waals surface area contributed by atoms with E-state index in [1.54, 1.807) is 0 Å². The minimum absolute atomic E-state index is 0.300. The first-order chi connectivity index (χ1) is 9.37. The molecule has 0 amide bonds. The molecule has 0 aromatic carbocycles. The van der Waals surface area contributed by atoms with Crippen LogP contribution in [0.3, 0.4) is 0 Å². The SMILES string of the molecule is CC1CCCC(CN)(N2CCN(C(C)(C)C)CC2)CC1. The predicted octanol–water partition coefficient (Wildman–Crippen LogP) is 2.70. The van der Waals surface area contributed by atoms with Gasteiger partial charge in [-0.3, -0.25) is 9.80 Å². The summed E-state index contributed by atoms with van der Waals surface area (Å²) in [5.74, 6) is 0.888. The fourth-order valence-corrected chi connectivity index (χ4v) is 4.07. The number of nitrogens with two attached hydrogens (primary N) is 1. The van der Waals surface area contributed by atoms with Gasteiger partial charge in [-0.15, -0.1) is 0 Å². The summed E-state index contributed by atoms with van der Waals surface area (Å²) in [6.45, 7) is 15.0. The first-order valence-electron chi connectivity index (χ1n) is 8.57. The van der Waals surface area contributed by atoms with Crippen molar-refractivity contribution in [1.29, 1.82) is 0 Å². The van der Waals surface area contributed by atoms with Crippen molar-refractivity contribution in [3.63, 3.8) is 0 Å². The van der Waals surface area contributed by atoms with Gasteiger partial charge in [0.1, 0.15) is 0 Å². The van der Waals surface area contributed by atoms with E-state index in [1.165, 1.54) is 58.3 Å². The van der Waals surface area contributed by atoms with Crippen LogP contribution in [-0.2, 0) is 0 Å². The summed E-state index contributed by atoms with van der Waals surface area (Å²) in [7, 11) is 0. The van der Waals surface area contributed by atoms with Crippen LogP contribution in [0.2, 0.25) is 0 Å². The molecule has 0 spiro atoms. The molecule has 1 saturated heterocycles. The third-order valence-electron chi connectivity index (χ3n) is 5.72. The number of nitrogens with zero attached hydrogens (tertiary/aromatic N) is 2. The first-order valence-corrected chi connectivity index (χ1v) is 8.57. The van der Waals surface area contributed by atoms with Gasteiger partial charge in [-0.05, 0) is 46.0 Å². The maximum Gasteiger partial charge on any atom is 0.0332 e. The van der Waals surface area contributed by atoms with Crippen LogP contribution in [0.4, 0.5) is 0 Å². The monoisotopic (exact) mass is 281 g/mol. The van der Waals surface area contributed by atoms with Crippen molar-refractivity contribution in [3.8, 4) is 0 Å². The lowest BCUT2D eigenvalue weighted by Gasteiger charge is -2.50. The molecule has 1 saturated carbocycles. The van der Waals surface area contributed by atoms with Crippen LogP contribution in [0.15, 0.2) is 0 Å². The highest BCUT2D eigenvalue weighted by Crippen LogP contribution is 2.35. The summed E-state index contributed by atoms with van der Waals surface area (Å²) in [4.78, 5) is 5.35. The molecule has 2 unspecified atom stereocenters. The molecular weight excluding hydrogens is 246 g/mol. The molecule has 3 heteroatoms. The van der Waals surface area contributed by atoms with Gasteiger partial charge in [0, 0.05) is 43.8 Å². The third-order valence-corrected chi connectivity index (χ3v) is 5.72. The standard InChI is InChI=1S/C17H35N3/c1-15-6-5-8-17(14-18,9-7-15)20-12-10-19(11-13-20)16(2,3)4/h15H,5-14,18H2,1-4H3. The average molecular weight is 281 g/mol. The number of hydrogen-bond donors (Lipinski definition) is 1. The average Bonchev–Trinajstić information content (AvgIpc) is 2.61. The van der Waals surface area contributed by atoms with Gasteiger partial charge in [0.05, 0.1) is 0 Å². The topological polar surface area (TPSA) is 32.5 Å². The summed E-state index contributed by atoms with van der Waals surface area (Å²) in [6.07, 6.45) is 6.72. The van der Waals surface area contributed by atoms with E-state index in [-0.39, 0.29) is 0 Å². The Morgan fingerprint density at radius 3 is 2.25 bits per heavy atom. The van der Waals surface area contributed by atoms with Gasteiger partial charge in [-0.1, -0.05) is 19.8 Å². The molecule has 118 valence electrons. The molecule has 1 heterocycles. The normalized spacial score (nSPS) is 35.0. The van der Waals surface area contributed by atoms with Gasteiger partial charge in [0.2, 0.25) is 0 Å². The molecule has 2 rings (SSSR count). The van der Waals surface area contributed by atoms with E-state index in [0.29, 0.717) is 11.1 Å². The van der Waals surface area contributed by atoms with Crippen LogP contribution in [0, 0.1) is 5.92 Å². The van der Waals surface area contributed by atoms with Crippen molar-refractivity contribution >= 4 is 0 Å². The molecule has 0 radical (unpaired) electrons. The first kappa shape index (κ1) is 16.3. The van der Waals surface area contributed by atoms with Gasteiger partial charge in [0.25, 0.3) is 0 Å². The fourth-order valence-electron chi connectivity index (χ4n) is 4.07. The van der Waals surface area contributed by atoms with Crippen LogP contribution in [0.25, 0.3) is 0 Å². The van der Waals surface area contributed by atoms with Crippen LogP contribution in [-0.4, -0.2) is 53.6 Å². The highest BCUT2D eigenvalue weighted by molar-refractivity contribution is 4.96. The second kappa shape index (κ2) is 6.33. The van der Waals surface area contributed by atoms with Gasteiger partial charge in [-0.2, -0.15) is 0 Å². The van der Waals surface area contributed by atoms with E-state index < -0.39 is 0 Å². The van der Waals surface area contributed by atoms with Gasteiger partial charge < -0.3 is 5.73 Å². The molecule has 0 bridgehead atoms. The quantitative estimate of drug-likeness (QED) is 0.790. The Labute approximate surface area is 125 Å². The number of piperazine rings is 1. The maximum absolute atomic E-state index is 6.25. The third kappa shape index (κ3) is 3.55. The second-order valence-electron chi connectivity index (χ2n) is 8.11. The highest BCUT2D eigenvalue weighted by Gasteiger charge is 2.39. The summed E-state index contributed by atoms with van der Waals surface area (Å²) in [5.41, 5.74) is 6.85. The van der Waals surface area contributed by atoms with E-state index in [0.717, 1.165) is 12.5 Å². The molecule has 2 aliphatic rings.